The third-order valence-electron chi connectivity index (χ3n) is 2.78. The highest BCUT2D eigenvalue weighted by Gasteiger charge is 2.14. The Morgan fingerprint density at radius 3 is 2.95 bits per heavy atom. The fourth-order valence-electron chi connectivity index (χ4n) is 1.71. The molecule has 1 aromatic heterocycles. The molecule has 0 bridgehead atoms. The number of hydrogen-bond acceptors (Lipinski definition) is 4. The number of amides is 1. The summed E-state index contributed by atoms with van der Waals surface area (Å²) in [6.45, 7) is 1.94. The molecule has 1 heterocycles. The third kappa shape index (κ3) is 3.86. The van der Waals surface area contributed by atoms with Crippen molar-refractivity contribution >= 4 is 5.91 Å². The fourth-order valence-corrected chi connectivity index (χ4v) is 1.71. The van der Waals surface area contributed by atoms with E-state index in [0.29, 0.717) is 18.1 Å². The number of carbonyl (C=O) groups excluding carboxylic acids is 1. The molecular weight excluding hydrogens is 258 g/mol. The molecule has 1 aromatic carbocycles. The summed E-state index contributed by atoms with van der Waals surface area (Å²) in [7, 11) is 0. The van der Waals surface area contributed by atoms with Crippen molar-refractivity contribution in [1.82, 2.24) is 5.32 Å². The van der Waals surface area contributed by atoms with Gasteiger partial charge in [0.05, 0.1) is 19.4 Å². The summed E-state index contributed by atoms with van der Waals surface area (Å²) in [6, 6.07) is 10.6. The number of rotatable bonds is 6. The van der Waals surface area contributed by atoms with E-state index in [1.807, 2.05) is 0 Å². The molecule has 2 N–H and O–H groups in total. The van der Waals surface area contributed by atoms with E-state index in [4.69, 9.17) is 14.3 Å². The van der Waals surface area contributed by atoms with Gasteiger partial charge in [0.1, 0.15) is 11.5 Å². The second-order valence-corrected chi connectivity index (χ2v) is 4.36. The Labute approximate surface area is 117 Å². The number of hydrogen-bond donors (Lipinski definition) is 2. The Balaban J connectivity index is 1.86. The highest BCUT2D eigenvalue weighted by molar-refractivity contribution is 5.80. The Bertz CT molecular complexity index is 551. The van der Waals surface area contributed by atoms with E-state index in [9.17, 15) is 4.79 Å². The summed E-state index contributed by atoms with van der Waals surface area (Å²) < 4.78 is 10.7. The number of aliphatic hydroxyl groups is 1. The van der Waals surface area contributed by atoms with Gasteiger partial charge >= 0.3 is 0 Å². The summed E-state index contributed by atoms with van der Waals surface area (Å²) in [5.41, 5.74) is 0.741. The highest BCUT2D eigenvalue weighted by atomic mass is 16.5. The Hall–Kier alpha value is -2.27. The predicted molar refractivity (Wildman–Crippen MR) is 73.0 cm³/mol. The first-order valence-corrected chi connectivity index (χ1v) is 6.35. The van der Waals surface area contributed by atoms with Gasteiger partial charge in [0, 0.05) is 0 Å². The molecule has 2 rings (SSSR count). The smallest absolute Gasteiger partial charge is 0.261 e. The van der Waals surface area contributed by atoms with E-state index in [1.54, 1.807) is 49.6 Å². The Kier molecular flexibility index (Phi) is 4.79. The third-order valence-corrected chi connectivity index (χ3v) is 2.78. The summed E-state index contributed by atoms with van der Waals surface area (Å²) in [5.74, 6) is 1.01. The van der Waals surface area contributed by atoms with Crippen LogP contribution in [0.3, 0.4) is 0 Å². The van der Waals surface area contributed by atoms with Crippen LogP contribution in [-0.2, 0) is 17.9 Å². The number of benzene rings is 1. The summed E-state index contributed by atoms with van der Waals surface area (Å²) in [4.78, 5) is 11.9. The van der Waals surface area contributed by atoms with Gasteiger partial charge in [-0.1, -0.05) is 12.1 Å². The number of furan rings is 1. The predicted octanol–water partition coefficient (Wildman–Crippen LogP) is 1.86. The van der Waals surface area contributed by atoms with Crippen LogP contribution in [0.1, 0.15) is 18.2 Å². The van der Waals surface area contributed by atoms with Gasteiger partial charge in [-0.2, -0.15) is 0 Å². The molecule has 0 fully saturated rings. The first kappa shape index (κ1) is 14.1. The topological polar surface area (TPSA) is 71.7 Å². The van der Waals surface area contributed by atoms with E-state index in [0.717, 1.165) is 5.56 Å². The van der Waals surface area contributed by atoms with Crippen LogP contribution in [0.25, 0.3) is 0 Å². The Morgan fingerprint density at radius 2 is 2.25 bits per heavy atom. The van der Waals surface area contributed by atoms with Crippen LogP contribution >= 0.6 is 0 Å². The molecule has 1 unspecified atom stereocenters. The molecule has 106 valence electrons. The van der Waals surface area contributed by atoms with Crippen molar-refractivity contribution in [3.63, 3.8) is 0 Å². The molecule has 1 amide bonds. The maximum absolute atomic E-state index is 11.9. The van der Waals surface area contributed by atoms with Crippen molar-refractivity contribution in [2.75, 3.05) is 0 Å². The van der Waals surface area contributed by atoms with Crippen LogP contribution in [0.15, 0.2) is 47.1 Å². The lowest BCUT2D eigenvalue weighted by atomic mass is 10.2. The molecule has 5 nitrogen and oxygen atoms in total. The Morgan fingerprint density at radius 1 is 1.40 bits per heavy atom. The minimum absolute atomic E-state index is 0.0593. The van der Waals surface area contributed by atoms with E-state index in [-0.39, 0.29) is 12.5 Å². The van der Waals surface area contributed by atoms with Gasteiger partial charge < -0.3 is 19.6 Å². The molecular formula is C15H17NO4. The van der Waals surface area contributed by atoms with E-state index in [2.05, 4.69) is 5.32 Å². The lowest BCUT2D eigenvalue weighted by Crippen LogP contribution is -2.35. The van der Waals surface area contributed by atoms with E-state index < -0.39 is 6.10 Å². The molecule has 0 aliphatic carbocycles. The van der Waals surface area contributed by atoms with Gasteiger partial charge in [0.25, 0.3) is 5.91 Å². The molecule has 1 atom stereocenters. The van der Waals surface area contributed by atoms with Crippen molar-refractivity contribution < 1.29 is 19.1 Å². The van der Waals surface area contributed by atoms with Gasteiger partial charge in [0.15, 0.2) is 6.10 Å². The minimum atomic E-state index is -0.626. The summed E-state index contributed by atoms with van der Waals surface area (Å²) >= 11 is 0. The zero-order valence-electron chi connectivity index (χ0n) is 11.2. The van der Waals surface area contributed by atoms with Crippen LogP contribution in [0.5, 0.6) is 5.75 Å². The molecule has 0 radical (unpaired) electrons. The standard InChI is InChI=1S/C15H17NO4/c1-11(15(18)16-9-14-6-3-7-19-14)20-13-5-2-4-12(8-13)10-17/h2-8,11,17H,9-10H2,1H3,(H,16,18). The summed E-state index contributed by atoms with van der Waals surface area (Å²) in [5, 5.41) is 11.8. The largest absolute Gasteiger partial charge is 0.481 e. The molecule has 0 aliphatic heterocycles. The first-order chi connectivity index (χ1) is 9.69. The van der Waals surface area contributed by atoms with Crippen molar-refractivity contribution in [2.45, 2.75) is 26.2 Å². The number of nitrogens with one attached hydrogen (secondary N) is 1. The molecule has 20 heavy (non-hydrogen) atoms. The lowest BCUT2D eigenvalue weighted by molar-refractivity contribution is -0.127. The average Bonchev–Trinajstić information content (AvgIpc) is 2.98. The molecule has 0 aliphatic rings. The van der Waals surface area contributed by atoms with Gasteiger partial charge in [-0.3, -0.25) is 4.79 Å². The van der Waals surface area contributed by atoms with Crippen molar-refractivity contribution in [3.05, 3.63) is 54.0 Å². The fraction of sp³-hybridized carbons (Fsp3) is 0.267. The number of carbonyl (C=O) groups is 1. The zero-order chi connectivity index (χ0) is 14.4. The second kappa shape index (κ2) is 6.77. The quantitative estimate of drug-likeness (QED) is 0.844. The minimum Gasteiger partial charge on any atom is -0.481 e. The van der Waals surface area contributed by atoms with E-state index in [1.165, 1.54) is 0 Å². The second-order valence-electron chi connectivity index (χ2n) is 4.36. The van der Waals surface area contributed by atoms with Gasteiger partial charge in [-0.05, 0) is 36.8 Å². The number of aliphatic hydroxyl groups excluding tert-OH is 1. The zero-order valence-corrected chi connectivity index (χ0v) is 11.2. The maximum atomic E-state index is 11.9. The van der Waals surface area contributed by atoms with Crippen molar-refractivity contribution in [2.24, 2.45) is 0 Å². The first-order valence-electron chi connectivity index (χ1n) is 6.35. The molecule has 0 spiro atoms. The normalized spacial score (nSPS) is 11.9. The van der Waals surface area contributed by atoms with Crippen LogP contribution in [-0.4, -0.2) is 17.1 Å². The van der Waals surface area contributed by atoms with Crippen molar-refractivity contribution in [1.29, 1.82) is 0 Å². The SMILES string of the molecule is CC(Oc1cccc(CO)c1)C(=O)NCc1ccco1. The van der Waals surface area contributed by atoms with Crippen molar-refractivity contribution in [3.8, 4) is 5.75 Å². The molecule has 5 heteroatoms. The van der Waals surface area contributed by atoms with Crippen LogP contribution in [0.2, 0.25) is 0 Å². The van der Waals surface area contributed by atoms with Crippen LogP contribution in [0.4, 0.5) is 0 Å². The highest BCUT2D eigenvalue weighted by Crippen LogP contribution is 2.15. The lowest BCUT2D eigenvalue weighted by Gasteiger charge is -2.14. The van der Waals surface area contributed by atoms with Crippen LogP contribution < -0.4 is 10.1 Å². The monoisotopic (exact) mass is 275 g/mol. The van der Waals surface area contributed by atoms with Crippen LogP contribution in [0, 0.1) is 0 Å². The average molecular weight is 275 g/mol. The van der Waals surface area contributed by atoms with Gasteiger partial charge in [-0.15, -0.1) is 0 Å². The molecule has 0 saturated heterocycles. The molecule has 2 aromatic rings. The molecule has 0 saturated carbocycles. The van der Waals surface area contributed by atoms with E-state index >= 15 is 0 Å². The van der Waals surface area contributed by atoms with Gasteiger partial charge in [-0.25, -0.2) is 0 Å². The van der Waals surface area contributed by atoms with Gasteiger partial charge in [0.2, 0.25) is 0 Å². The summed E-state index contributed by atoms with van der Waals surface area (Å²) in [6.07, 6.45) is 0.931. The number of ether oxygens (including phenoxy) is 1. The maximum Gasteiger partial charge on any atom is 0.261 e.